The molecule has 0 spiro atoms. The molecule has 0 unspecified atom stereocenters. The van der Waals surface area contributed by atoms with E-state index in [1.807, 2.05) is 6.07 Å². The van der Waals surface area contributed by atoms with Crippen LogP contribution >= 0.6 is 0 Å². The van der Waals surface area contributed by atoms with Gasteiger partial charge in [-0.2, -0.15) is 4.39 Å². The van der Waals surface area contributed by atoms with Crippen LogP contribution in [0.3, 0.4) is 0 Å². The first-order valence-electron chi connectivity index (χ1n) is 4.44. The summed E-state index contributed by atoms with van der Waals surface area (Å²) in [5.41, 5.74) is 0.646. The third-order valence-electron chi connectivity index (χ3n) is 2.16. The van der Waals surface area contributed by atoms with Crippen molar-refractivity contribution in [3.05, 3.63) is 30.1 Å². The highest BCUT2D eigenvalue weighted by atomic mass is 19.1. The lowest BCUT2D eigenvalue weighted by molar-refractivity contribution is 0.343. The molecule has 2 aromatic rings. The molecule has 0 aliphatic carbocycles. The van der Waals surface area contributed by atoms with Crippen LogP contribution in [0.15, 0.2) is 24.3 Å². The quantitative estimate of drug-likeness (QED) is 0.757. The summed E-state index contributed by atoms with van der Waals surface area (Å²) < 4.78 is 23.5. The molecule has 2 rings (SSSR count). The first kappa shape index (κ1) is 9.71. The van der Waals surface area contributed by atoms with E-state index in [9.17, 15) is 4.39 Å². The van der Waals surface area contributed by atoms with Gasteiger partial charge in [0.05, 0.1) is 19.7 Å². The van der Waals surface area contributed by atoms with Crippen LogP contribution in [0.25, 0.3) is 10.9 Å². The van der Waals surface area contributed by atoms with Gasteiger partial charge in [0.2, 0.25) is 5.82 Å². The minimum atomic E-state index is -0.571. The topological polar surface area (TPSA) is 31.4 Å². The summed E-state index contributed by atoms with van der Waals surface area (Å²) >= 11 is 0. The van der Waals surface area contributed by atoms with Crippen molar-refractivity contribution in [2.75, 3.05) is 14.2 Å². The van der Waals surface area contributed by atoms with Crippen LogP contribution in [-0.4, -0.2) is 19.2 Å². The molecule has 0 fully saturated rings. The number of hydrogen-bond acceptors (Lipinski definition) is 3. The second kappa shape index (κ2) is 3.73. The van der Waals surface area contributed by atoms with Crippen LogP contribution in [0.5, 0.6) is 11.6 Å². The molecule has 1 aromatic heterocycles. The normalized spacial score (nSPS) is 10.3. The minimum Gasteiger partial charge on any atom is -0.493 e. The average Bonchev–Trinajstić information content (AvgIpc) is 2.28. The van der Waals surface area contributed by atoms with E-state index in [1.165, 1.54) is 14.2 Å². The van der Waals surface area contributed by atoms with Crippen molar-refractivity contribution in [2.24, 2.45) is 0 Å². The van der Waals surface area contributed by atoms with Crippen LogP contribution in [0.2, 0.25) is 0 Å². The van der Waals surface area contributed by atoms with E-state index in [0.717, 1.165) is 0 Å². The predicted molar refractivity (Wildman–Crippen MR) is 54.8 cm³/mol. The van der Waals surface area contributed by atoms with Gasteiger partial charge in [-0.25, -0.2) is 4.98 Å². The first-order valence-corrected chi connectivity index (χ1v) is 4.44. The Labute approximate surface area is 86.5 Å². The zero-order valence-electron chi connectivity index (χ0n) is 8.45. The van der Waals surface area contributed by atoms with E-state index in [-0.39, 0.29) is 11.6 Å². The van der Waals surface area contributed by atoms with Crippen molar-refractivity contribution in [1.29, 1.82) is 0 Å². The van der Waals surface area contributed by atoms with E-state index in [1.54, 1.807) is 18.2 Å². The standard InChI is InChI=1S/C11H10FNO2/c1-14-10-7-5-3-4-6-8(7)13-11(15-2)9(10)12/h3-6H,1-2H3. The lowest BCUT2D eigenvalue weighted by atomic mass is 10.2. The Morgan fingerprint density at radius 3 is 2.53 bits per heavy atom. The third-order valence-corrected chi connectivity index (χ3v) is 2.16. The van der Waals surface area contributed by atoms with E-state index in [4.69, 9.17) is 9.47 Å². The second-order valence-electron chi connectivity index (χ2n) is 2.99. The smallest absolute Gasteiger partial charge is 0.254 e. The summed E-state index contributed by atoms with van der Waals surface area (Å²) in [4.78, 5) is 4.02. The lowest BCUT2D eigenvalue weighted by Crippen LogP contribution is -1.97. The van der Waals surface area contributed by atoms with Gasteiger partial charge in [0, 0.05) is 5.39 Å². The van der Waals surface area contributed by atoms with Gasteiger partial charge >= 0.3 is 0 Å². The van der Waals surface area contributed by atoms with Crippen molar-refractivity contribution in [3.63, 3.8) is 0 Å². The fraction of sp³-hybridized carbons (Fsp3) is 0.182. The number of nitrogens with zero attached hydrogens (tertiary/aromatic N) is 1. The monoisotopic (exact) mass is 207 g/mol. The largest absolute Gasteiger partial charge is 0.493 e. The number of para-hydroxylation sites is 1. The lowest BCUT2D eigenvalue weighted by Gasteiger charge is -2.09. The summed E-state index contributed by atoms with van der Waals surface area (Å²) in [7, 11) is 2.80. The van der Waals surface area contributed by atoms with Crippen molar-refractivity contribution in [2.45, 2.75) is 0 Å². The molecule has 0 aliphatic rings. The van der Waals surface area contributed by atoms with E-state index >= 15 is 0 Å². The Bertz CT molecular complexity index is 499. The zero-order chi connectivity index (χ0) is 10.8. The number of fused-ring (bicyclic) bond motifs is 1. The molecule has 0 bridgehead atoms. The minimum absolute atomic E-state index is 0.0504. The molecule has 0 N–H and O–H groups in total. The molecule has 1 aromatic carbocycles. The maximum Gasteiger partial charge on any atom is 0.254 e. The molecule has 0 saturated heterocycles. The highest BCUT2D eigenvalue weighted by molar-refractivity contribution is 5.85. The van der Waals surface area contributed by atoms with Gasteiger partial charge in [0.15, 0.2) is 5.75 Å². The number of aromatic nitrogens is 1. The van der Waals surface area contributed by atoms with Crippen molar-refractivity contribution >= 4 is 10.9 Å². The van der Waals surface area contributed by atoms with Crippen molar-refractivity contribution < 1.29 is 13.9 Å². The van der Waals surface area contributed by atoms with Gasteiger partial charge in [-0.05, 0) is 12.1 Å². The summed E-state index contributed by atoms with van der Waals surface area (Å²) in [6.07, 6.45) is 0. The van der Waals surface area contributed by atoms with Crippen LogP contribution < -0.4 is 9.47 Å². The fourth-order valence-corrected chi connectivity index (χ4v) is 1.47. The second-order valence-corrected chi connectivity index (χ2v) is 2.99. The molecule has 0 radical (unpaired) electrons. The molecule has 3 nitrogen and oxygen atoms in total. The Hall–Kier alpha value is -1.84. The van der Waals surface area contributed by atoms with Gasteiger partial charge in [-0.1, -0.05) is 12.1 Å². The Morgan fingerprint density at radius 1 is 1.13 bits per heavy atom. The number of hydrogen-bond donors (Lipinski definition) is 0. The molecule has 15 heavy (non-hydrogen) atoms. The maximum atomic E-state index is 13.7. The number of ether oxygens (including phenoxy) is 2. The van der Waals surface area contributed by atoms with Crippen LogP contribution in [0, 0.1) is 5.82 Å². The highest BCUT2D eigenvalue weighted by Gasteiger charge is 2.15. The van der Waals surface area contributed by atoms with Crippen LogP contribution in [-0.2, 0) is 0 Å². The molecule has 4 heteroatoms. The molecule has 0 atom stereocenters. The number of pyridine rings is 1. The van der Waals surface area contributed by atoms with Gasteiger partial charge < -0.3 is 9.47 Å². The summed E-state index contributed by atoms with van der Waals surface area (Å²) in [5.74, 6) is -0.457. The van der Waals surface area contributed by atoms with E-state index < -0.39 is 5.82 Å². The molecule has 1 heterocycles. The number of halogens is 1. The highest BCUT2D eigenvalue weighted by Crippen LogP contribution is 2.32. The maximum absolute atomic E-state index is 13.7. The third kappa shape index (κ3) is 1.48. The summed E-state index contributed by atoms with van der Waals surface area (Å²) in [5, 5.41) is 0.637. The SMILES string of the molecule is COc1nc2ccccc2c(OC)c1F. The van der Waals surface area contributed by atoms with E-state index in [0.29, 0.717) is 10.9 Å². The fourth-order valence-electron chi connectivity index (χ4n) is 1.47. The van der Waals surface area contributed by atoms with E-state index in [2.05, 4.69) is 4.98 Å². The van der Waals surface area contributed by atoms with Crippen LogP contribution in [0.4, 0.5) is 4.39 Å². The molecular weight excluding hydrogens is 197 g/mol. The number of methoxy groups -OCH3 is 2. The van der Waals surface area contributed by atoms with Gasteiger partial charge in [0.25, 0.3) is 5.88 Å². The van der Waals surface area contributed by atoms with Crippen molar-refractivity contribution in [1.82, 2.24) is 4.98 Å². The molecule has 0 amide bonds. The summed E-state index contributed by atoms with van der Waals surface area (Å²) in [6, 6.07) is 7.16. The number of rotatable bonds is 2. The molecule has 0 saturated carbocycles. The van der Waals surface area contributed by atoms with Crippen LogP contribution in [0.1, 0.15) is 0 Å². The number of benzene rings is 1. The average molecular weight is 207 g/mol. The Balaban J connectivity index is 2.83. The van der Waals surface area contributed by atoms with Gasteiger partial charge in [-0.3, -0.25) is 0 Å². The van der Waals surface area contributed by atoms with Gasteiger partial charge in [-0.15, -0.1) is 0 Å². The Morgan fingerprint density at radius 2 is 1.87 bits per heavy atom. The van der Waals surface area contributed by atoms with Crippen molar-refractivity contribution in [3.8, 4) is 11.6 Å². The molecule has 0 aliphatic heterocycles. The zero-order valence-corrected chi connectivity index (χ0v) is 8.45. The molecular formula is C11H10FNO2. The first-order chi connectivity index (χ1) is 7.27. The van der Waals surface area contributed by atoms with Gasteiger partial charge in [0.1, 0.15) is 0 Å². The summed E-state index contributed by atoms with van der Waals surface area (Å²) in [6.45, 7) is 0. The predicted octanol–water partition coefficient (Wildman–Crippen LogP) is 2.39. The molecule has 78 valence electrons. The Kier molecular flexibility index (Phi) is 2.41.